The maximum absolute atomic E-state index is 14.2. The van der Waals surface area contributed by atoms with Gasteiger partial charge in [0.2, 0.25) is 0 Å². The summed E-state index contributed by atoms with van der Waals surface area (Å²) in [7, 11) is 0. The zero-order valence-electron chi connectivity index (χ0n) is 12.8. The molecule has 0 saturated carbocycles. The molecule has 1 aromatic carbocycles. The fourth-order valence-corrected chi connectivity index (χ4v) is 3.72. The first-order valence-electron chi connectivity index (χ1n) is 7.75. The number of halogens is 2. The molecule has 1 atom stereocenters. The van der Waals surface area contributed by atoms with E-state index in [0.717, 1.165) is 44.8 Å². The molecular weight excluding hydrogens is 272 g/mol. The molecule has 1 aliphatic rings. The Kier molecular flexibility index (Phi) is 5.30. The number of hydrazine groups is 1. The van der Waals surface area contributed by atoms with Crippen molar-refractivity contribution in [1.82, 2.24) is 10.3 Å². The van der Waals surface area contributed by atoms with E-state index in [1.165, 1.54) is 12.1 Å². The Morgan fingerprint density at radius 1 is 1.24 bits per heavy atom. The molecule has 1 fully saturated rings. The van der Waals surface area contributed by atoms with Gasteiger partial charge in [-0.2, -0.15) is 0 Å². The summed E-state index contributed by atoms with van der Waals surface area (Å²) >= 11 is 0. The van der Waals surface area contributed by atoms with Gasteiger partial charge in [-0.25, -0.2) is 8.78 Å². The van der Waals surface area contributed by atoms with E-state index in [4.69, 9.17) is 5.84 Å². The fraction of sp³-hybridized carbons (Fsp3) is 0.625. The molecule has 3 nitrogen and oxygen atoms in total. The summed E-state index contributed by atoms with van der Waals surface area (Å²) in [4.78, 5) is 2.40. The number of benzene rings is 1. The molecule has 1 heterocycles. The molecule has 0 bridgehead atoms. The molecule has 1 unspecified atom stereocenters. The SMILES string of the molecule is CCC(CC)(C(NN)c1ccc(F)cc1F)N1CCCC1. The Labute approximate surface area is 125 Å². The largest absolute Gasteiger partial charge is 0.296 e. The summed E-state index contributed by atoms with van der Waals surface area (Å²) in [6, 6.07) is 3.37. The van der Waals surface area contributed by atoms with Crippen molar-refractivity contribution in [1.29, 1.82) is 0 Å². The van der Waals surface area contributed by atoms with E-state index in [1.54, 1.807) is 0 Å². The van der Waals surface area contributed by atoms with Crippen LogP contribution in [0.5, 0.6) is 0 Å². The summed E-state index contributed by atoms with van der Waals surface area (Å²) < 4.78 is 27.4. The second-order valence-electron chi connectivity index (χ2n) is 5.77. The average Bonchev–Trinajstić information content (AvgIpc) is 3.01. The zero-order valence-corrected chi connectivity index (χ0v) is 12.8. The monoisotopic (exact) mass is 297 g/mol. The summed E-state index contributed by atoms with van der Waals surface area (Å²) in [5, 5.41) is 0. The third kappa shape index (κ3) is 2.96. The number of rotatable bonds is 6. The Bertz CT molecular complexity index is 469. The van der Waals surface area contributed by atoms with Crippen molar-refractivity contribution in [3.63, 3.8) is 0 Å². The van der Waals surface area contributed by atoms with Crippen molar-refractivity contribution >= 4 is 0 Å². The Morgan fingerprint density at radius 3 is 2.33 bits per heavy atom. The van der Waals surface area contributed by atoms with Crippen molar-refractivity contribution in [2.75, 3.05) is 13.1 Å². The lowest BCUT2D eigenvalue weighted by Gasteiger charge is -2.46. The van der Waals surface area contributed by atoms with Crippen LogP contribution in [-0.4, -0.2) is 23.5 Å². The van der Waals surface area contributed by atoms with E-state index in [9.17, 15) is 8.78 Å². The third-order valence-corrected chi connectivity index (χ3v) is 4.94. The van der Waals surface area contributed by atoms with Crippen LogP contribution in [0.15, 0.2) is 18.2 Å². The van der Waals surface area contributed by atoms with Crippen LogP contribution in [0.4, 0.5) is 8.78 Å². The molecule has 1 aromatic rings. The van der Waals surface area contributed by atoms with E-state index >= 15 is 0 Å². The van der Waals surface area contributed by atoms with Crippen LogP contribution >= 0.6 is 0 Å². The van der Waals surface area contributed by atoms with Gasteiger partial charge in [-0.1, -0.05) is 19.9 Å². The van der Waals surface area contributed by atoms with Gasteiger partial charge < -0.3 is 0 Å². The van der Waals surface area contributed by atoms with Crippen LogP contribution in [0, 0.1) is 11.6 Å². The van der Waals surface area contributed by atoms with Gasteiger partial charge in [0.05, 0.1) is 6.04 Å². The summed E-state index contributed by atoms with van der Waals surface area (Å²) in [5.74, 6) is 4.68. The lowest BCUT2D eigenvalue weighted by Crippen LogP contribution is -2.56. The number of nitrogens with two attached hydrogens (primary N) is 1. The van der Waals surface area contributed by atoms with E-state index in [1.807, 2.05) is 0 Å². The molecule has 1 aliphatic heterocycles. The normalized spacial score (nSPS) is 18.1. The highest BCUT2D eigenvalue weighted by molar-refractivity contribution is 5.26. The number of hydrogen-bond donors (Lipinski definition) is 2. The lowest BCUT2D eigenvalue weighted by atomic mass is 9.79. The van der Waals surface area contributed by atoms with Crippen molar-refractivity contribution < 1.29 is 8.78 Å². The van der Waals surface area contributed by atoms with Crippen LogP contribution in [0.2, 0.25) is 0 Å². The van der Waals surface area contributed by atoms with Gasteiger partial charge in [-0.3, -0.25) is 16.2 Å². The van der Waals surface area contributed by atoms with Crippen LogP contribution in [0.1, 0.15) is 51.1 Å². The summed E-state index contributed by atoms with van der Waals surface area (Å²) in [6.07, 6.45) is 4.03. The third-order valence-electron chi connectivity index (χ3n) is 4.94. The molecule has 0 radical (unpaired) electrons. The van der Waals surface area contributed by atoms with Crippen LogP contribution in [0.25, 0.3) is 0 Å². The minimum absolute atomic E-state index is 0.246. The van der Waals surface area contributed by atoms with E-state index in [-0.39, 0.29) is 11.6 Å². The predicted octanol–water partition coefficient (Wildman–Crippen LogP) is 3.12. The van der Waals surface area contributed by atoms with Crippen molar-refractivity contribution in [2.24, 2.45) is 5.84 Å². The topological polar surface area (TPSA) is 41.3 Å². The van der Waals surface area contributed by atoms with Gasteiger partial charge in [-0.15, -0.1) is 0 Å². The van der Waals surface area contributed by atoms with Gasteiger partial charge >= 0.3 is 0 Å². The molecule has 0 aliphatic carbocycles. The maximum Gasteiger partial charge on any atom is 0.131 e. The van der Waals surface area contributed by atoms with E-state index in [2.05, 4.69) is 24.2 Å². The average molecular weight is 297 g/mol. The molecule has 0 spiro atoms. The Balaban J connectivity index is 2.44. The highest BCUT2D eigenvalue weighted by Gasteiger charge is 2.43. The maximum atomic E-state index is 14.2. The summed E-state index contributed by atoms with van der Waals surface area (Å²) in [6.45, 7) is 6.21. The van der Waals surface area contributed by atoms with E-state index in [0.29, 0.717) is 5.56 Å². The highest BCUT2D eigenvalue weighted by Crippen LogP contribution is 2.39. The fourth-order valence-electron chi connectivity index (χ4n) is 3.72. The second-order valence-corrected chi connectivity index (χ2v) is 5.77. The molecule has 21 heavy (non-hydrogen) atoms. The first kappa shape index (κ1) is 16.3. The van der Waals surface area contributed by atoms with Crippen LogP contribution < -0.4 is 11.3 Å². The number of likely N-dealkylation sites (tertiary alicyclic amines) is 1. The van der Waals surface area contributed by atoms with Gasteiger partial charge in [0.1, 0.15) is 11.6 Å². The van der Waals surface area contributed by atoms with Crippen molar-refractivity contribution in [3.8, 4) is 0 Å². The van der Waals surface area contributed by atoms with Gasteiger partial charge in [0.15, 0.2) is 0 Å². The number of nitrogens with zero attached hydrogens (tertiary/aromatic N) is 1. The molecule has 1 saturated heterocycles. The molecule has 0 amide bonds. The lowest BCUT2D eigenvalue weighted by molar-refractivity contribution is 0.0602. The molecular formula is C16H25F2N3. The minimum Gasteiger partial charge on any atom is -0.296 e. The van der Waals surface area contributed by atoms with Crippen molar-refractivity contribution in [2.45, 2.75) is 51.1 Å². The minimum atomic E-state index is -0.563. The molecule has 5 heteroatoms. The quantitative estimate of drug-likeness (QED) is 0.626. The molecule has 118 valence electrons. The number of hydrogen-bond acceptors (Lipinski definition) is 3. The van der Waals surface area contributed by atoms with Gasteiger partial charge in [-0.05, 0) is 44.8 Å². The predicted molar refractivity (Wildman–Crippen MR) is 80.5 cm³/mol. The molecule has 0 aromatic heterocycles. The Hall–Kier alpha value is -1.04. The number of nitrogens with one attached hydrogen (secondary N) is 1. The van der Waals surface area contributed by atoms with E-state index < -0.39 is 11.6 Å². The Morgan fingerprint density at radius 2 is 1.86 bits per heavy atom. The first-order valence-corrected chi connectivity index (χ1v) is 7.75. The molecule has 2 rings (SSSR count). The smallest absolute Gasteiger partial charge is 0.131 e. The van der Waals surface area contributed by atoms with Gasteiger partial charge in [0.25, 0.3) is 0 Å². The first-order chi connectivity index (χ1) is 10.1. The van der Waals surface area contributed by atoms with Gasteiger partial charge in [0, 0.05) is 17.2 Å². The van der Waals surface area contributed by atoms with Crippen molar-refractivity contribution in [3.05, 3.63) is 35.4 Å². The highest BCUT2D eigenvalue weighted by atomic mass is 19.1. The van der Waals surface area contributed by atoms with Crippen LogP contribution in [-0.2, 0) is 0 Å². The second kappa shape index (κ2) is 6.81. The van der Waals surface area contributed by atoms with Crippen LogP contribution in [0.3, 0.4) is 0 Å². The zero-order chi connectivity index (χ0) is 15.5. The molecule has 3 N–H and O–H groups in total. The summed E-state index contributed by atoms with van der Waals surface area (Å²) in [5.41, 5.74) is 2.99. The standard InChI is InChI=1S/C16H25F2N3/c1-3-16(4-2,21-9-5-6-10-21)15(20-19)13-8-7-12(17)11-14(13)18/h7-8,11,15,20H,3-6,9-10,19H2,1-2H3.